The largest absolute Gasteiger partial charge is 0.444 e. The van der Waals surface area contributed by atoms with Gasteiger partial charge in [0, 0.05) is 45.5 Å². The lowest BCUT2D eigenvalue weighted by atomic mass is 9.97. The van der Waals surface area contributed by atoms with Crippen LogP contribution in [0.1, 0.15) is 68.1 Å². The summed E-state index contributed by atoms with van der Waals surface area (Å²) in [6.07, 6.45) is 4.44. The van der Waals surface area contributed by atoms with E-state index < -0.39 is 0 Å². The molecule has 1 aliphatic rings. The first-order valence-corrected chi connectivity index (χ1v) is 11.9. The predicted octanol–water partition coefficient (Wildman–Crippen LogP) is 4.08. The number of likely N-dealkylation sites (tertiary alicyclic amines) is 1. The minimum absolute atomic E-state index is 0. The van der Waals surface area contributed by atoms with Gasteiger partial charge >= 0.3 is 0 Å². The molecule has 0 radical (unpaired) electrons. The molecule has 0 spiro atoms. The molecule has 1 fully saturated rings. The van der Waals surface area contributed by atoms with Gasteiger partial charge in [0.05, 0.1) is 17.9 Å². The Hall–Kier alpha value is -1.62. The van der Waals surface area contributed by atoms with E-state index in [0.717, 1.165) is 75.4 Å². The van der Waals surface area contributed by atoms with Crippen LogP contribution in [0.3, 0.4) is 0 Å². The normalized spacial score (nSPS) is 15.7. The average Bonchev–Trinajstić information content (AvgIpc) is 3.27. The topological polar surface area (TPSA) is 74.7 Å². The van der Waals surface area contributed by atoms with Gasteiger partial charge in [-0.1, -0.05) is 13.8 Å². The van der Waals surface area contributed by atoms with Crippen LogP contribution in [0.5, 0.6) is 0 Å². The van der Waals surface area contributed by atoms with Crippen LogP contribution >= 0.6 is 24.0 Å². The minimum Gasteiger partial charge on any atom is -0.444 e. The highest BCUT2D eigenvalue weighted by atomic mass is 127. The van der Waals surface area contributed by atoms with Crippen molar-refractivity contribution in [2.24, 2.45) is 18.0 Å². The number of hydrogen-bond acceptors (Lipinski definition) is 5. The Morgan fingerprint density at radius 3 is 2.58 bits per heavy atom. The number of oxazole rings is 1. The first kappa shape index (κ1) is 27.6. The Balaban J connectivity index is 0.00000385. The Kier molecular flexibility index (Phi) is 10.7. The maximum Gasteiger partial charge on any atom is 0.208 e. The van der Waals surface area contributed by atoms with Crippen molar-refractivity contribution in [1.29, 1.82) is 0 Å². The van der Waals surface area contributed by atoms with E-state index in [1.54, 1.807) is 0 Å². The van der Waals surface area contributed by atoms with Crippen molar-refractivity contribution in [1.82, 2.24) is 29.9 Å². The highest BCUT2D eigenvalue weighted by Crippen LogP contribution is 2.21. The summed E-state index contributed by atoms with van der Waals surface area (Å²) in [6.45, 7) is 16.0. The van der Waals surface area contributed by atoms with Gasteiger partial charge in [-0.25, -0.2) is 4.98 Å². The number of nitrogens with one attached hydrogen (secondary N) is 1. The van der Waals surface area contributed by atoms with E-state index in [9.17, 15) is 0 Å². The fourth-order valence-corrected chi connectivity index (χ4v) is 4.30. The molecule has 0 saturated carbocycles. The number of piperidine rings is 1. The van der Waals surface area contributed by atoms with E-state index in [-0.39, 0.29) is 24.0 Å². The molecular formula is C24H42IN7O. The maximum absolute atomic E-state index is 5.76. The molecule has 0 aromatic carbocycles. The molecule has 0 atom stereocenters. The molecule has 0 unspecified atom stereocenters. The average molecular weight is 572 g/mol. The van der Waals surface area contributed by atoms with E-state index in [2.05, 4.69) is 59.2 Å². The lowest BCUT2D eigenvalue weighted by molar-refractivity contribution is 0.166. The lowest BCUT2D eigenvalue weighted by Crippen LogP contribution is -2.39. The number of aryl methyl sites for hydroxylation is 3. The number of rotatable bonds is 8. The van der Waals surface area contributed by atoms with Crippen LogP contribution in [0, 0.1) is 19.8 Å². The zero-order chi connectivity index (χ0) is 23.3. The summed E-state index contributed by atoms with van der Waals surface area (Å²) >= 11 is 0. The van der Waals surface area contributed by atoms with Crippen molar-refractivity contribution in [2.75, 3.05) is 33.2 Å². The smallest absolute Gasteiger partial charge is 0.208 e. The molecule has 186 valence electrons. The first-order chi connectivity index (χ1) is 15.3. The minimum atomic E-state index is 0. The Morgan fingerprint density at radius 2 is 2.00 bits per heavy atom. The maximum atomic E-state index is 5.76. The Labute approximate surface area is 216 Å². The van der Waals surface area contributed by atoms with Gasteiger partial charge in [-0.2, -0.15) is 5.10 Å². The highest BCUT2D eigenvalue weighted by Gasteiger charge is 2.21. The predicted molar refractivity (Wildman–Crippen MR) is 144 cm³/mol. The van der Waals surface area contributed by atoms with Crippen LogP contribution in [0.15, 0.2) is 15.6 Å². The zero-order valence-electron chi connectivity index (χ0n) is 21.4. The van der Waals surface area contributed by atoms with Gasteiger partial charge in [-0.15, -0.1) is 24.0 Å². The summed E-state index contributed by atoms with van der Waals surface area (Å²) in [5, 5.41) is 8.11. The van der Waals surface area contributed by atoms with E-state index in [1.165, 1.54) is 11.3 Å². The van der Waals surface area contributed by atoms with Crippen LogP contribution in [-0.4, -0.2) is 63.8 Å². The van der Waals surface area contributed by atoms with Crippen LogP contribution in [0.25, 0.3) is 0 Å². The number of hydrogen-bond donors (Lipinski definition) is 1. The summed E-state index contributed by atoms with van der Waals surface area (Å²) in [4.78, 5) is 14.2. The molecule has 2 aromatic heterocycles. The SMILES string of the molecule is CCNC(=NCC1CCN(Cc2nc(C)c(C)o2)CC1)N(C)Cc1cn(C)nc1C(C)C.I. The second kappa shape index (κ2) is 12.7. The summed E-state index contributed by atoms with van der Waals surface area (Å²) in [5.41, 5.74) is 3.43. The third kappa shape index (κ3) is 7.70. The van der Waals surface area contributed by atoms with E-state index in [1.807, 2.05) is 25.6 Å². The third-order valence-electron chi connectivity index (χ3n) is 6.23. The third-order valence-corrected chi connectivity index (χ3v) is 6.23. The second-order valence-electron chi connectivity index (χ2n) is 9.39. The first-order valence-electron chi connectivity index (χ1n) is 11.9. The number of halogens is 1. The van der Waals surface area contributed by atoms with Gasteiger partial charge < -0.3 is 14.6 Å². The molecule has 0 bridgehead atoms. The molecular weight excluding hydrogens is 529 g/mol. The zero-order valence-corrected chi connectivity index (χ0v) is 23.7. The van der Waals surface area contributed by atoms with Crippen molar-refractivity contribution in [3.05, 3.63) is 34.8 Å². The van der Waals surface area contributed by atoms with Crippen LogP contribution in [-0.2, 0) is 20.1 Å². The molecule has 3 heterocycles. The number of aromatic nitrogens is 3. The quantitative estimate of drug-likeness (QED) is 0.293. The lowest BCUT2D eigenvalue weighted by Gasteiger charge is -2.30. The van der Waals surface area contributed by atoms with Crippen molar-refractivity contribution in [3.63, 3.8) is 0 Å². The van der Waals surface area contributed by atoms with Gasteiger partial charge in [0.15, 0.2) is 5.96 Å². The molecule has 3 rings (SSSR count). The summed E-state index contributed by atoms with van der Waals surface area (Å²) in [7, 11) is 4.10. The molecule has 8 nitrogen and oxygen atoms in total. The molecule has 33 heavy (non-hydrogen) atoms. The van der Waals surface area contributed by atoms with Crippen LogP contribution < -0.4 is 5.32 Å². The van der Waals surface area contributed by atoms with Gasteiger partial charge in [0.25, 0.3) is 0 Å². The molecule has 9 heteroatoms. The molecule has 2 aromatic rings. The summed E-state index contributed by atoms with van der Waals surface area (Å²) < 4.78 is 7.67. The standard InChI is InChI=1S/C24H41N7O.HI/c1-8-25-24(29(6)14-21-15-30(7)28-23(21)17(2)3)26-13-20-9-11-31(12-10-20)16-22-27-18(4)19(5)32-22;/h15,17,20H,8-14,16H2,1-7H3,(H,25,26);1H. The van der Waals surface area contributed by atoms with Crippen LogP contribution in [0.4, 0.5) is 0 Å². The van der Waals surface area contributed by atoms with Crippen molar-refractivity contribution in [2.45, 2.75) is 66.5 Å². The summed E-state index contributed by atoms with van der Waals surface area (Å²) in [6, 6.07) is 0. The Bertz CT molecular complexity index is 877. The van der Waals surface area contributed by atoms with Gasteiger partial charge in [-0.3, -0.25) is 14.6 Å². The van der Waals surface area contributed by atoms with Crippen molar-refractivity contribution >= 4 is 29.9 Å². The fourth-order valence-electron chi connectivity index (χ4n) is 4.30. The molecule has 1 aliphatic heterocycles. The van der Waals surface area contributed by atoms with E-state index in [0.29, 0.717) is 11.8 Å². The van der Waals surface area contributed by atoms with Gasteiger partial charge in [0.1, 0.15) is 5.76 Å². The number of nitrogens with zero attached hydrogens (tertiary/aromatic N) is 6. The van der Waals surface area contributed by atoms with Crippen molar-refractivity contribution in [3.8, 4) is 0 Å². The van der Waals surface area contributed by atoms with E-state index in [4.69, 9.17) is 9.41 Å². The fraction of sp³-hybridized carbons (Fsp3) is 0.708. The molecule has 1 N–H and O–H groups in total. The molecule has 1 saturated heterocycles. The summed E-state index contributed by atoms with van der Waals surface area (Å²) in [5.74, 6) is 3.76. The van der Waals surface area contributed by atoms with Gasteiger partial charge in [0.2, 0.25) is 5.89 Å². The van der Waals surface area contributed by atoms with Crippen LogP contribution in [0.2, 0.25) is 0 Å². The highest BCUT2D eigenvalue weighted by molar-refractivity contribution is 14.0. The Morgan fingerprint density at radius 1 is 1.30 bits per heavy atom. The second-order valence-corrected chi connectivity index (χ2v) is 9.39. The van der Waals surface area contributed by atoms with E-state index >= 15 is 0 Å². The number of aliphatic imine (C=N–C) groups is 1. The monoisotopic (exact) mass is 571 g/mol. The molecule has 0 aliphatic carbocycles. The van der Waals surface area contributed by atoms with Gasteiger partial charge in [-0.05, 0) is 58.5 Å². The molecule has 0 amide bonds. The number of guanidine groups is 1. The van der Waals surface area contributed by atoms with Crippen molar-refractivity contribution < 1.29 is 4.42 Å².